The second-order valence-corrected chi connectivity index (χ2v) is 10.1. The van der Waals surface area contributed by atoms with E-state index in [1.165, 1.54) is 18.4 Å². The lowest BCUT2D eigenvalue weighted by Crippen LogP contribution is -2.37. The maximum Gasteiger partial charge on any atom is 0.341 e. The number of thiophene rings is 1. The summed E-state index contributed by atoms with van der Waals surface area (Å²) in [7, 11) is -2.36. The highest BCUT2D eigenvalue weighted by atomic mass is 32.2. The van der Waals surface area contributed by atoms with Gasteiger partial charge < -0.3 is 10.1 Å². The number of nitrogens with zero attached hydrogens (tertiary/aromatic N) is 1. The van der Waals surface area contributed by atoms with Crippen LogP contribution in [0.25, 0.3) is 0 Å². The van der Waals surface area contributed by atoms with Crippen LogP contribution in [0.3, 0.4) is 0 Å². The van der Waals surface area contributed by atoms with Crippen LogP contribution in [0.15, 0.2) is 24.3 Å². The largest absolute Gasteiger partial charge is 0.465 e. The van der Waals surface area contributed by atoms with Gasteiger partial charge in [-0.3, -0.25) is 9.10 Å². The fourth-order valence-corrected chi connectivity index (χ4v) is 5.53. The van der Waals surface area contributed by atoms with E-state index in [9.17, 15) is 18.0 Å². The van der Waals surface area contributed by atoms with Crippen molar-refractivity contribution in [3.63, 3.8) is 0 Å². The van der Waals surface area contributed by atoms with Gasteiger partial charge in [-0.05, 0) is 50.3 Å². The first-order valence-electron chi connectivity index (χ1n) is 9.27. The molecule has 1 heterocycles. The SMILES string of the molecule is COC(=O)c1c(NC(=O)CN(c2ccc(C)cc2)S(C)(=O)=O)sc2c1CCCC2. The summed E-state index contributed by atoms with van der Waals surface area (Å²) in [5, 5.41) is 3.16. The summed E-state index contributed by atoms with van der Waals surface area (Å²) in [5.74, 6) is -1.00. The van der Waals surface area contributed by atoms with Crippen LogP contribution in [0.4, 0.5) is 10.7 Å². The van der Waals surface area contributed by atoms with Gasteiger partial charge in [0.25, 0.3) is 0 Å². The summed E-state index contributed by atoms with van der Waals surface area (Å²) in [5.41, 5.74) is 2.72. The van der Waals surface area contributed by atoms with Crippen molar-refractivity contribution >= 4 is 43.9 Å². The molecule has 1 N–H and O–H groups in total. The summed E-state index contributed by atoms with van der Waals surface area (Å²) < 4.78 is 30.5. The Kier molecular flexibility index (Phi) is 6.28. The summed E-state index contributed by atoms with van der Waals surface area (Å²) in [6.45, 7) is 1.51. The third-order valence-electron chi connectivity index (χ3n) is 4.82. The molecular formula is C20H24N2O5S2. The van der Waals surface area contributed by atoms with Crippen LogP contribution in [0.1, 0.15) is 39.2 Å². The molecule has 0 saturated heterocycles. The van der Waals surface area contributed by atoms with E-state index in [0.29, 0.717) is 16.3 Å². The van der Waals surface area contributed by atoms with E-state index in [1.807, 2.05) is 6.92 Å². The monoisotopic (exact) mass is 436 g/mol. The molecule has 1 aromatic heterocycles. The highest BCUT2D eigenvalue weighted by Crippen LogP contribution is 2.38. The van der Waals surface area contributed by atoms with Gasteiger partial charge in [-0.15, -0.1) is 11.3 Å². The standard InChI is InChI=1S/C20H24N2O5S2/c1-13-8-10-14(11-9-13)22(29(3,25)26)12-17(23)21-19-18(20(24)27-2)15-6-4-5-7-16(15)28-19/h8-11H,4-7,12H2,1-3H3,(H,21,23). The van der Waals surface area contributed by atoms with Gasteiger partial charge in [0.15, 0.2) is 0 Å². The van der Waals surface area contributed by atoms with Crippen LogP contribution in [0.2, 0.25) is 0 Å². The molecule has 0 unspecified atom stereocenters. The van der Waals surface area contributed by atoms with E-state index in [0.717, 1.165) is 52.2 Å². The van der Waals surface area contributed by atoms with E-state index >= 15 is 0 Å². The molecule has 1 aromatic carbocycles. The summed E-state index contributed by atoms with van der Waals surface area (Å²) in [6, 6.07) is 6.89. The number of carbonyl (C=O) groups excluding carboxylic acids is 2. The Bertz CT molecular complexity index is 1030. The second-order valence-electron chi connectivity index (χ2n) is 7.06. The molecule has 1 amide bonds. The number of esters is 1. The number of hydrogen-bond donors (Lipinski definition) is 1. The first-order chi connectivity index (χ1) is 13.7. The second kappa shape index (κ2) is 8.54. The number of aryl methyl sites for hydroxylation is 2. The molecule has 0 fully saturated rings. The predicted molar refractivity (Wildman–Crippen MR) is 114 cm³/mol. The van der Waals surface area contributed by atoms with Crippen LogP contribution >= 0.6 is 11.3 Å². The van der Waals surface area contributed by atoms with Gasteiger partial charge in [0.05, 0.1) is 24.6 Å². The third-order valence-corrected chi connectivity index (χ3v) is 7.17. The van der Waals surface area contributed by atoms with Gasteiger partial charge in [0.1, 0.15) is 11.5 Å². The summed E-state index contributed by atoms with van der Waals surface area (Å²) in [6.07, 6.45) is 4.71. The van der Waals surface area contributed by atoms with Crippen molar-refractivity contribution in [3.8, 4) is 0 Å². The average Bonchev–Trinajstić information content (AvgIpc) is 3.03. The van der Waals surface area contributed by atoms with E-state index < -0.39 is 21.9 Å². The topological polar surface area (TPSA) is 92.8 Å². The van der Waals surface area contributed by atoms with Crippen molar-refractivity contribution < 1.29 is 22.7 Å². The molecule has 2 aromatic rings. The quantitative estimate of drug-likeness (QED) is 0.703. The average molecular weight is 437 g/mol. The number of amides is 1. The normalized spacial score (nSPS) is 13.5. The van der Waals surface area contributed by atoms with Crippen LogP contribution in [-0.4, -0.2) is 40.2 Å². The van der Waals surface area contributed by atoms with Crippen molar-refractivity contribution in [1.29, 1.82) is 0 Å². The molecule has 29 heavy (non-hydrogen) atoms. The van der Waals surface area contributed by atoms with E-state index in [4.69, 9.17) is 4.74 Å². The van der Waals surface area contributed by atoms with Gasteiger partial charge in [-0.1, -0.05) is 17.7 Å². The minimum Gasteiger partial charge on any atom is -0.465 e. The van der Waals surface area contributed by atoms with E-state index in [1.54, 1.807) is 24.3 Å². The number of rotatable bonds is 6. The van der Waals surface area contributed by atoms with Gasteiger partial charge in [-0.2, -0.15) is 0 Å². The van der Waals surface area contributed by atoms with Crippen molar-refractivity contribution in [2.75, 3.05) is 29.5 Å². The molecule has 3 rings (SSSR count). The van der Waals surface area contributed by atoms with Crippen LogP contribution < -0.4 is 9.62 Å². The number of carbonyl (C=O) groups is 2. The Morgan fingerprint density at radius 1 is 1.17 bits per heavy atom. The molecule has 1 aliphatic carbocycles. The Hall–Kier alpha value is -2.39. The summed E-state index contributed by atoms with van der Waals surface area (Å²) in [4.78, 5) is 26.1. The number of hydrogen-bond acceptors (Lipinski definition) is 6. The lowest BCUT2D eigenvalue weighted by molar-refractivity contribution is -0.114. The molecule has 0 radical (unpaired) electrons. The smallest absolute Gasteiger partial charge is 0.341 e. The lowest BCUT2D eigenvalue weighted by Gasteiger charge is -2.22. The van der Waals surface area contributed by atoms with Crippen LogP contribution in [-0.2, 0) is 32.4 Å². The Morgan fingerprint density at radius 2 is 1.83 bits per heavy atom. The lowest BCUT2D eigenvalue weighted by atomic mass is 9.95. The Labute approximate surface area is 174 Å². The molecule has 0 spiro atoms. The number of benzene rings is 1. The first-order valence-corrected chi connectivity index (χ1v) is 11.9. The van der Waals surface area contributed by atoms with Crippen LogP contribution in [0.5, 0.6) is 0 Å². The number of fused-ring (bicyclic) bond motifs is 1. The fourth-order valence-electron chi connectivity index (χ4n) is 3.38. The zero-order valence-corrected chi connectivity index (χ0v) is 18.3. The Balaban J connectivity index is 1.86. The van der Waals surface area contributed by atoms with Crippen molar-refractivity contribution in [1.82, 2.24) is 0 Å². The molecule has 9 heteroatoms. The molecule has 0 bridgehead atoms. The Morgan fingerprint density at radius 3 is 2.45 bits per heavy atom. The van der Waals surface area contributed by atoms with E-state index in [2.05, 4.69) is 5.32 Å². The number of anilines is 2. The fraction of sp³-hybridized carbons (Fsp3) is 0.400. The molecule has 1 aliphatic rings. The predicted octanol–water partition coefficient (Wildman–Crippen LogP) is 3.13. The number of methoxy groups -OCH3 is 1. The number of sulfonamides is 1. The van der Waals surface area contributed by atoms with Gasteiger partial charge in [0.2, 0.25) is 15.9 Å². The van der Waals surface area contributed by atoms with Gasteiger partial charge in [-0.25, -0.2) is 13.2 Å². The maximum absolute atomic E-state index is 12.7. The minimum atomic E-state index is -3.67. The maximum atomic E-state index is 12.7. The number of nitrogens with one attached hydrogen (secondary N) is 1. The zero-order chi connectivity index (χ0) is 21.2. The van der Waals surface area contributed by atoms with Crippen LogP contribution in [0, 0.1) is 6.92 Å². The molecule has 156 valence electrons. The highest BCUT2D eigenvalue weighted by Gasteiger charge is 2.28. The molecular weight excluding hydrogens is 412 g/mol. The molecule has 7 nitrogen and oxygen atoms in total. The summed E-state index contributed by atoms with van der Waals surface area (Å²) >= 11 is 1.37. The zero-order valence-electron chi connectivity index (χ0n) is 16.6. The first kappa shape index (κ1) is 21.3. The highest BCUT2D eigenvalue weighted by molar-refractivity contribution is 7.92. The molecule has 0 saturated carbocycles. The molecule has 0 aliphatic heterocycles. The van der Waals surface area contributed by atoms with Crippen molar-refractivity contribution in [2.45, 2.75) is 32.6 Å². The molecule has 0 atom stereocenters. The third kappa shape index (κ3) is 4.79. The minimum absolute atomic E-state index is 0.384. The van der Waals surface area contributed by atoms with Crippen molar-refractivity contribution in [3.05, 3.63) is 45.8 Å². The van der Waals surface area contributed by atoms with Crippen molar-refractivity contribution in [2.24, 2.45) is 0 Å². The van der Waals surface area contributed by atoms with E-state index in [-0.39, 0.29) is 6.54 Å². The van der Waals surface area contributed by atoms with Gasteiger partial charge in [0, 0.05) is 4.88 Å². The number of ether oxygens (including phenoxy) is 1. The van der Waals surface area contributed by atoms with Gasteiger partial charge >= 0.3 is 5.97 Å².